The third-order valence-electron chi connectivity index (χ3n) is 5.14. The number of rotatable bonds is 7. The van der Waals surface area contributed by atoms with Gasteiger partial charge in [0.25, 0.3) is 5.69 Å². The van der Waals surface area contributed by atoms with Gasteiger partial charge in [-0.05, 0) is 61.1 Å². The summed E-state index contributed by atoms with van der Waals surface area (Å²) in [6.45, 7) is -0.308. The fourth-order valence-electron chi connectivity index (χ4n) is 3.69. The molecule has 156 valence electrons. The lowest BCUT2D eigenvalue weighted by atomic mass is 9.87. The van der Waals surface area contributed by atoms with Gasteiger partial charge in [-0.3, -0.25) is 14.9 Å². The van der Waals surface area contributed by atoms with Gasteiger partial charge in [0.15, 0.2) is 5.78 Å². The van der Waals surface area contributed by atoms with Gasteiger partial charge in [0.05, 0.1) is 24.2 Å². The molecule has 7 heteroatoms. The molecule has 0 saturated carbocycles. The van der Waals surface area contributed by atoms with Crippen molar-refractivity contribution in [1.82, 2.24) is 0 Å². The first-order valence-electron chi connectivity index (χ1n) is 9.66. The molecule has 3 rings (SSSR count). The average Bonchev–Trinajstić information content (AvgIpc) is 2.77. The number of phenolic OH excluding ortho intramolecular Hbond substituents is 1. The van der Waals surface area contributed by atoms with E-state index in [9.17, 15) is 25.1 Å². The number of ketones is 1. The van der Waals surface area contributed by atoms with Crippen LogP contribution in [0.1, 0.15) is 52.7 Å². The molecule has 2 aromatic carbocycles. The van der Waals surface area contributed by atoms with Crippen molar-refractivity contribution in [3.8, 4) is 11.5 Å². The summed E-state index contributed by atoms with van der Waals surface area (Å²) in [5.41, 5.74) is 1.95. The number of para-hydroxylation sites is 1. The predicted octanol–water partition coefficient (Wildman–Crippen LogP) is 4.65. The van der Waals surface area contributed by atoms with Crippen LogP contribution in [-0.4, -0.2) is 28.0 Å². The molecule has 0 radical (unpaired) electrons. The number of nitrogens with zero attached hydrogens (tertiary/aromatic N) is 1. The van der Waals surface area contributed by atoms with Gasteiger partial charge in [-0.25, -0.2) is 0 Å². The third-order valence-corrected chi connectivity index (χ3v) is 5.14. The topological polar surface area (TPSA) is 110 Å². The SMILES string of the molecule is COc1cc(CO)c(C2=CCCCC2)c(O)c1C(=O)/C=C/c1ccccc1[N+](=O)[O-]. The largest absolute Gasteiger partial charge is 0.506 e. The summed E-state index contributed by atoms with van der Waals surface area (Å²) in [5.74, 6) is -0.665. The van der Waals surface area contributed by atoms with Crippen LogP contribution in [0.5, 0.6) is 11.5 Å². The Morgan fingerprint density at radius 2 is 2.07 bits per heavy atom. The monoisotopic (exact) mass is 409 g/mol. The molecule has 0 heterocycles. The van der Waals surface area contributed by atoms with Gasteiger partial charge in [0.2, 0.25) is 0 Å². The summed E-state index contributed by atoms with van der Waals surface area (Å²) in [7, 11) is 1.37. The summed E-state index contributed by atoms with van der Waals surface area (Å²) in [5, 5.41) is 32.0. The molecule has 7 nitrogen and oxygen atoms in total. The Kier molecular flexibility index (Phi) is 6.64. The van der Waals surface area contributed by atoms with Crippen LogP contribution in [0.3, 0.4) is 0 Å². The van der Waals surface area contributed by atoms with E-state index in [0.29, 0.717) is 11.1 Å². The summed E-state index contributed by atoms with van der Waals surface area (Å²) in [4.78, 5) is 23.6. The van der Waals surface area contributed by atoms with Gasteiger partial charge < -0.3 is 14.9 Å². The highest BCUT2D eigenvalue weighted by molar-refractivity contribution is 6.11. The Labute approximate surface area is 174 Å². The number of aliphatic hydroxyl groups excluding tert-OH is 1. The number of allylic oxidation sites excluding steroid dienone is 3. The fourth-order valence-corrected chi connectivity index (χ4v) is 3.69. The number of aliphatic hydroxyl groups is 1. The van der Waals surface area contributed by atoms with Gasteiger partial charge in [0.1, 0.15) is 17.1 Å². The molecule has 2 aromatic rings. The first-order chi connectivity index (χ1) is 14.5. The summed E-state index contributed by atoms with van der Waals surface area (Å²) in [6.07, 6.45) is 8.17. The van der Waals surface area contributed by atoms with Gasteiger partial charge in [-0.1, -0.05) is 18.2 Å². The summed E-state index contributed by atoms with van der Waals surface area (Å²) in [6, 6.07) is 7.62. The van der Waals surface area contributed by atoms with E-state index in [1.165, 1.54) is 31.4 Å². The zero-order valence-electron chi connectivity index (χ0n) is 16.6. The second-order valence-electron chi connectivity index (χ2n) is 6.98. The molecule has 30 heavy (non-hydrogen) atoms. The molecule has 0 aliphatic heterocycles. The molecular formula is C23H23NO6. The average molecular weight is 409 g/mol. The maximum Gasteiger partial charge on any atom is 0.276 e. The second-order valence-corrected chi connectivity index (χ2v) is 6.98. The molecule has 0 atom stereocenters. The number of nitro benzene ring substituents is 1. The van der Waals surface area contributed by atoms with Crippen molar-refractivity contribution < 1.29 is 24.7 Å². The summed E-state index contributed by atoms with van der Waals surface area (Å²) < 4.78 is 5.29. The molecular weight excluding hydrogens is 386 g/mol. The molecule has 1 aliphatic carbocycles. The predicted molar refractivity (Wildman–Crippen MR) is 113 cm³/mol. The zero-order chi connectivity index (χ0) is 21.7. The Hall–Kier alpha value is -3.45. The minimum Gasteiger partial charge on any atom is -0.506 e. The van der Waals surface area contributed by atoms with Crippen LogP contribution < -0.4 is 4.74 Å². The number of carbonyl (C=O) groups excluding carboxylic acids is 1. The minimum absolute atomic E-state index is 0.0361. The van der Waals surface area contributed by atoms with Crippen LogP contribution in [0.25, 0.3) is 11.6 Å². The summed E-state index contributed by atoms with van der Waals surface area (Å²) >= 11 is 0. The van der Waals surface area contributed by atoms with Gasteiger partial charge in [-0.15, -0.1) is 0 Å². The number of nitro groups is 1. The molecule has 0 unspecified atom stereocenters. The molecule has 0 spiro atoms. The van der Waals surface area contributed by atoms with Crippen LogP contribution in [-0.2, 0) is 6.61 Å². The van der Waals surface area contributed by atoms with Crippen molar-refractivity contribution in [2.45, 2.75) is 32.3 Å². The Morgan fingerprint density at radius 1 is 1.30 bits per heavy atom. The van der Waals surface area contributed by atoms with E-state index in [1.807, 2.05) is 6.08 Å². The molecule has 0 amide bonds. The quantitative estimate of drug-likeness (QED) is 0.298. The highest BCUT2D eigenvalue weighted by atomic mass is 16.6. The van der Waals surface area contributed by atoms with E-state index in [2.05, 4.69) is 0 Å². The normalized spacial score (nSPS) is 13.9. The highest BCUT2D eigenvalue weighted by Gasteiger charge is 2.24. The van der Waals surface area contributed by atoms with Crippen LogP contribution in [0.15, 0.2) is 42.5 Å². The van der Waals surface area contributed by atoms with Crippen molar-refractivity contribution in [2.75, 3.05) is 7.11 Å². The van der Waals surface area contributed by atoms with E-state index in [4.69, 9.17) is 4.74 Å². The lowest BCUT2D eigenvalue weighted by Crippen LogP contribution is -2.06. The van der Waals surface area contributed by atoms with Crippen molar-refractivity contribution in [2.24, 2.45) is 0 Å². The second kappa shape index (κ2) is 9.37. The van der Waals surface area contributed by atoms with Crippen LogP contribution in [0, 0.1) is 10.1 Å². The Balaban J connectivity index is 2.07. The number of methoxy groups -OCH3 is 1. The molecule has 0 fully saturated rings. The number of benzene rings is 2. The number of ether oxygens (including phenoxy) is 1. The number of hydrogen-bond acceptors (Lipinski definition) is 6. The zero-order valence-corrected chi connectivity index (χ0v) is 16.6. The molecule has 0 bridgehead atoms. The Bertz CT molecular complexity index is 1040. The van der Waals surface area contributed by atoms with Gasteiger partial charge in [0, 0.05) is 11.6 Å². The van der Waals surface area contributed by atoms with E-state index >= 15 is 0 Å². The number of aromatic hydroxyl groups is 1. The number of carbonyl (C=O) groups is 1. The van der Waals surface area contributed by atoms with E-state index in [-0.39, 0.29) is 34.9 Å². The van der Waals surface area contributed by atoms with Crippen LogP contribution in [0.4, 0.5) is 5.69 Å². The smallest absolute Gasteiger partial charge is 0.276 e. The van der Waals surface area contributed by atoms with Crippen molar-refractivity contribution in [3.63, 3.8) is 0 Å². The highest BCUT2D eigenvalue weighted by Crippen LogP contribution is 2.41. The minimum atomic E-state index is -0.551. The Morgan fingerprint density at radius 3 is 2.70 bits per heavy atom. The first kappa shape index (κ1) is 21.3. The van der Waals surface area contributed by atoms with E-state index < -0.39 is 10.7 Å². The molecule has 0 saturated heterocycles. The van der Waals surface area contributed by atoms with Crippen molar-refractivity contribution in [3.05, 3.63) is 74.9 Å². The van der Waals surface area contributed by atoms with Crippen LogP contribution >= 0.6 is 0 Å². The lowest BCUT2D eigenvalue weighted by Gasteiger charge is -2.20. The maximum absolute atomic E-state index is 13.0. The number of phenols is 1. The first-order valence-corrected chi connectivity index (χ1v) is 9.66. The van der Waals surface area contributed by atoms with Gasteiger partial charge >= 0.3 is 0 Å². The lowest BCUT2D eigenvalue weighted by molar-refractivity contribution is -0.385. The maximum atomic E-state index is 13.0. The third kappa shape index (κ3) is 4.26. The standard InChI is InChI=1S/C23H23NO6/c1-30-20-13-17(14-25)21(16-8-3-2-4-9-16)23(27)22(20)19(26)12-11-15-7-5-6-10-18(15)24(28)29/h5-8,10-13,25,27H,2-4,9,14H2,1H3/b12-11+. The van der Waals surface area contributed by atoms with E-state index in [0.717, 1.165) is 31.3 Å². The van der Waals surface area contributed by atoms with Crippen molar-refractivity contribution in [1.29, 1.82) is 0 Å². The fraction of sp³-hybridized carbons (Fsp3) is 0.261. The molecule has 0 aromatic heterocycles. The van der Waals surface area contributed by atoms with Crippen LogP contribution in [0.2, 0.25) is 0 Å². The number of hydrogen-bond donors (Lipinski definition) is 2. The van der Waals surface area contributed by atoms with Crippen molar-refractivity contribution >= 4 is 23.1 Å². The van der Waals surface area contributed by atoms with E-state index in [1.54, 1.807) is 18.2 Å². The molecule has 2 N–H and O–H groups in total. The van der Waals surface area contributed by atoms with Gasteiger partial charge in [-0.2, -0.15) is 0 Å². The molecule has 1 aliphatic rings.